The largest absolute Gasteiger partial charge is 0.452 e. The van der Waals surface area contributed by atoms with Gasteiger partial charge in [0.15, 0.2) is 11.2 Å². The molecule has 7 aromatic rings. The first-order chi connectivity index (χ1) is 15.9. The molecular formula is C29H17NO2. The van der Waals surface area contributed by atoms with Crippen LogP contribution in [-0.2, 0) is 0 Å². The van der Waals surface area contributed by atoms with Crippen molar-refractivity contribution >= 4 is 43.9 Å². The number of benzene rings is 4. The number of hydrogen-bond acceptors (Lipinski definition) is 3. The van der Waals surface area contributed by atoms with Crippen LogP contribution in [0.3, 0.4) is 0 Å². The lowest BCUT2D eigenvalue weighted by Crippen LogP contribution is -1.85. The first-order valence-electron chi connectivity index (χ1n) is 10.6. The molecule has 0 saturated carbocycles. The zero-order valence-electron chi connectivity index (χ0n) is 17.1. The highest BCUT2D eigenvalue weighted by atomic mass is 16.4. The molecular weight excluding hydrogens is 394 g/mol. The third kappa shape index (κ3) is 2.45. The van der Waals surface area contributed by atoms with Gasteiger partial charge in [-0.1, -0.05) is 66.7 Å². The fraction of sp³-hybridized carbons (Fsp3) is 0. The average Bonchev–Trinajstić information content (AvgIpc) is 3.43. The third-order valence-electron chi connectivity index (χ3n) is 6.15. The summed E-state index contributed by atoms with van der Waals surface area (Å²) in [6.07, 6.45) is 1.86. The highest BCUT2D eigenvalue weighted by Gasteiger charge is 2.18. The first kappa shape index (κ1) is 17.3. The molecule has 0 aliphatic rings. The van der Waals surface area contributed by atoms with Crippen LogP contribution in [0.2, 0.25) is 0 Å². The SMILES string of the molecule is c1ccc(-c2cc(-c3cccc4c3oc3c4ccc4c5ccccc5oc43)ccn2)cc1. The van der Waals surface area contributed by atoms with Crippen molar-refractivity contribution in [2.75, 3.05) is 0 Å². The second-order valence-corrected chi connectivity index (χ2v) is 8.00. The van der Waals surface area contributed by atoms with Crippen LogP contribution in [0.5, 0.6) is 0 Å². The monoisotopic (exact) mass is 411 g/mol. The standard InChI is InChI=1S/C29H17NO2/c1-2-7-18(8-3-1)25-17-19(15-16-30-25)20-10-6-11-22-24-14-13-23-21-9-4-5-12-26(21)31-28(23)29(24)32-27(20)22/h1-17H. The molecule has 0 aliphatic heterocycles. The fourth-order valence-corrected chi connectivity index (χ4v) is 4.63. The van der Waals surface area contributed by atoms with Gasteiger partial charge in [-0.2, -0.15) is 0 Å². The van der Waals surface area contributed by atoms with Crippen molar-refractivity contribution in [3.05, 3.63) is 103 Å². The number of nitrogens with zero attached hydrogens (tertiary/aromatic N) is 1. The van der Waals surface area contributed by atoms with Crippen molar-refractivity contribution in [3.63, 3.8) is 0 Å². The van der Waals surface area contributed by atoms with Crippen molar-refractivity contribution in [2.24, 2.45) is 0 Å². The molecule has 0 amide bonds. The van der Waals surface area contributed by atoms with Crippen LogP contribution in [0.15, 0.2) is 112 Å². The van der Waals surface area contributed by atoms with Gasteiger partial charge in [0.25, 0.3) is 0 Å². The molecule has 0 fully saturated rings. The molecule has 0 saturated heterocycles. The normalized spacial score (nSPS) is 11.8. The quantitative estimate of drug-likeness (QED) is 0.288. The molecule has 7 rings (SSSR count). The van der Waals surface area contributed by atoms with E-state index in [1.807, 2.05) is 48.7 Å². The highest BCUT2D eigenvalue weighted by molar-refractivity contribution is 6.20. The summed E-state index contributed by atoms with van der Waals surface area (Å²) < 4.78 is 12.7. The van der Waals surface area contributed by atoms with Gasteiger partial charge in [-0.15, -0.1) is 0 Å². The van der Waals surface area contributed by atoms with Gasteiger partial charge >= 0.3 is 0 Å². The summed E-state index contributed by atoms with van der Waals surface area (Å²) in [6, 6.07) is 33.0. The minimum Gasteiger partial charge on any atom is -0.452 e. The van der Waals surface area contributed by atoms with Gasteiger partial charge in [0.2, 0.25) is 0 Å². The molecule has 3 aromatic heterocycles. The molecule has 3 heteroatoms. The van der Waals surface area contributed by atoms with E-state index in [9.17, 15) is 0 Å². The summed E-state index contributed by atoms with van der Waals surface area (Å²) in [5, 5.41) is 4.32. The molecule has 0 aliphatic carbocycles. The van der Waals surface area contributed by atoms with Gasteiger partial charge in [-0.05, 0) is 35.9 Å². The lowest BCUT2D eigenvalue weighted by molar-refractivity contribution is 0.634. The van der Waals surface area contributed by atoms with E-state index in [2.05, 4.69) is 59.6 Å². The van der Waals surface area contributed by atoms with Gasteiger partial charge < -0.3 is 8.83 Å². The summed E-state index contributed by atoms with van der Waals surface area (Å²) in [6.45, 7) is 0. The molecule has 0 N–H and O–H groups in total. The maximum atomic E-state index is 6.51. The third-order valence-corrected chi connectivity index (χ3v) is 6.15. The van der Waals surface area contributed by atoms with Crippen molar-refractivity contribution in [1.82, 2.24) is 4.98 Å². The molecule has 4 aromatic carbocycles. The van der Waals surface area contributed by atoms with Crippen LogP contribution in [-0.4, -0.2) is 4.98 Å². The summed E-state index contributed by atoms with van der Waals surface area (Å²) in [5.41, 5.74) is 7.47. The van der Waals surface area contributed by atoms with Gasteiger partial charge in [-0.3, -0.25) is 4.98 Å². The van der Waals surface area contributed by atoms with Gasteiger partial charge in [0.05, 0.1) is 5.69 Å². The number of rotatable bonds is 2. The van der Waals surface area contributed by atoms with Crippen LogP contribution in [0.1, 0.15) is 0 Å². The van der Waals surface area contributed by atoms with Crippen LogP contribution >= 0.6 is 0 Å². The molecule has 0 atom stereocenters. The summed E-state index contributed by atoms with van der Waals surface area (Å²) in [7, 11) is 0. The first-order valence-corrected chi connectivity index (χ1v) is 10.6. The minimum absolute atomic E-state index is 0.790. The van der Waals surface area contributed by atoms with E-state index in [-0.39, 0.29) is 0 Å². The Hall–Kier alpha value is -4.37. The Bertz CT molecular complexity index is 1770. The molecule has 3 nitrogen and oxygen atoms in total. The second-order valence-electron chi connectivity index (χ2n) is 8.00. The molecule has 0 unspecified atom stereocenters. The van der Waals surface area contributed by atoms with Crippen LogP contribution in [0.4, 0.5) is 0 Å². The van der Waals surface area contributed by atoms with Gasteiger partial charge in [-0.25, -0.2) is 0 Å². The van der Waals surface area contributed by atoms with Crippen LogP contribution < -0.4 is 0 Å². The van der Waals surface area contributed by atoms with Gasteiger partial charge in [0.1, 0.15) is 11.2 Å². The zero-order valence-corrected chi connectivity index (χ0v) is 17.1. The van der Waals surface area contributed by atoms with Crippen molar-refractivity contribution in [2.45, 2.75) is 0 Å². The van der Waals surface area contributed by atoms with Crippen molar-refractivity contribution < 1.29 is 8.83 Å². The molecule has 150 valence electrons. The average molecular weight is 411 g/mol. The predicted molar refractivity (Wildman–Crippen MR) is 130 cm³/mol. The summed E-state index contributed by atoms with van der Waals surface area (Å²) >= 11 is 0. The number of pyridine rings is 1. The Morgan fingerprint density at radius 3 is 2.12 bits per heavy atom. The lowest BCUT2D eigenvalue weighted by Gasteiger charge is -2.06. The Balaban J connectivity index is 1.50. The maximum absolute atomic E-state index is 6.51. The second kappa shape index (κ2) is 6.56. The Labute approximate surface area is 183 Å². The fourth-order valence-electron chi connectivity index (χ4n) is 4.63. The van der Waals surface area contributed by atoms with Crippen LogP contribution in [0.25, 0.3) is 66.3 Å². The lowest BCUT2D eigenvalue weighted by atomic mass is 10.0. The van der Waals surface area contributed by atoms with E-state index in [0.717, 1.165) is 66.3 Å². The predicted octanol–water partition coefficient (Wildman–Crippen LogP) is 8.21. The number of fused-ring (bicyclic) bond motifs is 7. The smallest absolute Gasteiger partial charge is 0.178 e. The van der Waals surface area contributed by atoms with E-state index in [1.165, 1.54) is 0 Å². The van der Waals surface area contributed by atoms with Crippen molar-refractivity contribution in [3.8, 4) is 22.4 Å². The molecule has 32 heavy (non-hydrogen) atoms. The van der Waals surface area contributed by atoms with E-state index in [1.54, 1.807) is 0 Å². The number of para-hydroxylation sites is 2. The number of hydrogen-bond donors (Lipinski definition) is 0. The highest BCUT2D eigenvalue weighted by Crippen LogP contribution is 2.41. The molecule has 3 heterocycles. The molecule has 0 spiro atoms. The van der Waals surface area contributed by atoms with E-state index in [4.69, 9.17) is 8.83 Å². The minimum atomic E-state index is 0.790. The maximum Gasteiger partial charge on any atom is 0.178 e. The molecule has 0 radical (unpaired) electrons. The van der Waals surface area contributed by atoms with E-state index >= 15 is 0 Å². The Kier molecular flexibility index (Phi) is 3.55. The van der Waals surface area contributed by atoms with Crippen LogP contribution in [0, 0.1) is 0 Å². The van der Waals surface area contributed by atoms with E-state index in [0.29, 0.717) is 0 Å². The van der Waals surface area contributed by atoms with E-state index < -0.39 is 0 Å². The zero-order chi connectivity index (χ0) is 21.1. The van der Waals surface area contributed by atoms with Crippen molar-refractivity contribution in [1.29, 1.82) is 0 Å². The number of aromatic nitrogens is 1. The Morgan fingerprint density at radius 1 is 0.500 bits per heavy atom. The summed E-state index contributed by atoms with van der Waals surface area (Å²) in [4.78, 5) is 4.58. The number of furan rings is 2. The molecule has 0 bridgehead atoms. The topological polar surface area (TPSA) is 39.2 Å². The summed E-state index contributed by atoms with van der Waals surface area (Å²) in [5.74, 6) is 0. The van der Waals surface area contributed by atoms with Gasteiger partial charge in [0, 0.05) is 38.9 Å². The Morgan fingerprint density at radius 2 is 1.22 bits per heavy atom.